The molecule has 0 radical (unpaired) electrons. The number of aryl methyl sites for hydroxylation is 1. The molecule has 2 aromatic rings. The van der Waals surface area contributed by atoms with E-state index >= 15 is 0 Å². The second-order valence-electron chi connectivity index (χ2n) is 4.99. The van der Waals surface area contributed by atoms with E-state index in [1.807, 2.05) is 6.07 Å². The first-order chi connectivity index (χ1) is 9.56. The Labute approximate surface area is 121 Å². The predicted octanol–water partition coefficient (Wildman–Crippen LogP) is 3.80. The second kappa shape index (κ2) is 5.08. The lowest BCUT2D eigenvalue weighted by molar-refractivity contribution is 0.213. The quantitative estimate of drug-likeness (QED) is 0.912. The van der Waals surface area contributed by atoms with Crippen molar-refractivity contribution in [3.8, 4) is 5.75 Å². The first-order valence-electron chi connectivity index (χ1n) is 6.45. The lowest BCUT2D eigenvalue weighted by Crippen LogP contribution is -2.03. The van der Waals surface area contributed by atoms with Gasteiger partial charge >= 0.3 is 0 Å². The Balaban J connectivity index is 2.06. The molecule has 4 heteroatoms. The Hall–Kier alpha value is -1.58. The summed E-state index contributed by atoms with van der Waals surface area (Å²) in [4.78, 5) is 0. The third-order valence-electron chi connectivity index (χ3n) is 3.58. The molecule has 20 heavy (non-hydrogen) atoms. The van der Waals surface area contributed by atoms with Crippen LogP contribution in [0.2, 0.25) is 5.02 Å². The van der Waals surface area contributed by atoms with E-state index in [2.05, 4.69) is 0 Å². The lowest BCUT2D eigenvalue weighted by atomic mass is 9.97. The zero-order valence-corrected chi connectivity index (χ0v) is 11.7. The zero-order valence-electron chi connectivity index (χ0n) is 11.0. The molecule has 104 valence electrons. The monoisotopic (exact) mass is 292 g/mol. The maximum atomic E-state index is 13.6. The van der Waals surface area contributed by atoms with Gasteiger partial charge in [0, 0.05) is 17.0 Å². The SMILES string of the molecule is Cc1ccc(C(O)c2cc(Cl)cc3c2OCC3)cc1F. The third kappa shape index (κ3) is 2.28. The Morgan fingerprint density at radius 3 is 2.85 bits per heavy atom. The third-order valence-corrected chi connectivity index (χ3v) is 3.80. The van der Waals surface area contributed by atoms with Crippen LogP contribution in [-0.4, -0.2) is 11.7 Å². The summed E-state index contributed by atoms with van der Waals surface area (Å²) in [5, 5.41) is 11.0. The number of hydrogen-bond acceptors (Lipinski definition) is 2. The predicted molar refractivity (Wildman–Crippen MR) is 75.8 cm³/mol. The molecule has 1 aliphatic heterocycles. The van der Waals surface area contributed by atoms with Crippen LogP contribution in [0.25, 0.3) is 0 Å². The van der Waals surface area contributed by atoms with Gasteiger partial charge in [0.15, 0.2) is 0 Å². The van der Waals surface area contributed by atoms with Gasteiger partial charge in [-0.15, -0.1) is 0 Å². The largest absolute Gasteiger partial charge is 0.493 e. The van der Waals surface area contributed by atoms with Crippen molar-refractivity contribution in [3.63, 3.8) is 0 Å². The van der Waals surface area contributed by atoms with Gasteiger partial charge in [-0.25, -0.2) is 4.39 Å². The van der Waals surface area contributed by atoms with Crippen molar-refractivity contribution in [2.24, 2.45) is 0 Å². The maximum absolute atomic E-state index is 13.6. The molecule has 0 saturated carbocycles. The molecule has 0 saturated heterocycles. The van der Waals surface area contributed by atoms with E-state index in [4.69, 9.17) is 16.3 Å². The molecular weight excluding hydrogens is 279 g/mol. The topological polar surface area (TPSA) is 29.5 Å². The van der Waals surface area contributed by atoms with Gasteiger partial charge in [0.05, 0.1) is 6.61 Å². The van der Waals surface area contributed by atoms with Gasteiger partial charge in [-0.1, -0.05) is 23.7 Å². The molecule has 0 bridgehead atoms. The molecule has 2 nitrogen and oxygen atoms in total. The highest BCUT2D eigenvalue weighted by molar-refractivity contribution is 6.30. The zero-order chi connectivity index (χ0) is 14.3. The Bertz CT molecular complexity index is 670. The van der Waals surface area contributed by atoms with Crippen LogP contribution in [0.3, 0.4) is 0 Å². The summed E-state index contributed by atoms with van der Waals surface area (Å²) in [5.41, 5.74) is 2.62. The Kier molecular flexibility index (Phi) is 3.40. The van der Waals surface area contributed by atoms with Crippen molar-refractivity contribution in [2.75, 3.05) is 6.61 Å². The van der Waals surface area contributed by atoms with Crippen molar-refractivity contribution in [2.45, 2.75) is 19.4 Å². The van der Waals surface area contributed by atoms with E-state index in [-0.39, 0.29) is 5.82 Å². The van der Waals surface area contributed by atoms with Crippen molar-refractivity contribution in [1.29, 1.82) is 0 Å². The average molecular weight is 293 g/mol. The Morgan fingerprint density at radius 1 is 1.30 bits per heavy atom. The van der Waals surface area contributed by atoms with Crippen molar-refractivity contribution in [1.82, 2.24) is 0 Å². The molecule has 0 aromatic heterocycles. The van der Waals surface area contributed by atoms with Crippen LogP contribution in [-0.2, 0) is 6.42 Å². The van der Waals surface area contributed by atoms with Gasteiger partial charge in [0.1, 0.15) is 17.7 Å². The molecule has 2 aromatic carbocycles. The van der Waals surface area contributed by atoms with Crippen molar-refractivity contribution < 1.29 is 14.2 Å². The van der Waals surface area contributed by atoms with Crippen molar-refractivity contribution in [3.05, 3.63) is 63.4 Å². The van der Waals surface area contributed by atoms with Gasteiger partial charge in [0.25, 0.3) is 0 Å². The Morgan fingerprint density at radius 2 is 2.10 bits per heavy atom. The van der Waals surface area contributed by atoms with E-state index in [1.54, 1.807) is 25.1 Å². The molecule has 3 rings (SSSR count). The fraction of sp³-hybridized carbons (Fsp3) is 0.250. The van der Waals surface area contributed by atoms with E-state index in [1.165, 1.54) is 6.07 Å². The van der Waals surface area contributed by atoms with Gasteiger partial charge in [-0.2, -0.15) is 0 Å². The number of fused-ring (bicyclic) bond motifs is 1. The molecule has 1 N–H and O–H groups in total. The van der Waals surface area contributed by atoms with Gasteiger partial charge in [0.2, 0.25) is 0 Å². The van der Waals surface area contributed by atoms with E-state index in [0.717, 1.165) is 12.0 Å². The van der Waals surface area contributed by atoms with E-state index in [0.29, 0.717) is 34.1 Å². The number of ether oxygens (including phenoxy) is 1. The number of rotatable bonds is 2. The fourth-order valence-corrected chi connectivity index (χ4v) is 2.71. The van der Waals surface area contributed by atoms with Crippen LogP contribution >= 0.6 is 11.6 Å². The average Bonchev–Trinajstić information content (AvgIpc) is 2.88. The molecule has 1 heterocycles. The molecule has 0 amide bonds. The minimum Gasteiger partial charge on any atom is -0.493 e. The van der Waals surface area contributed by atoms with E-state index < -0.39 is 6.10 Å². The summed E-state index contributed by atoms with van der Waals surface area (Å²) in [7, 11) is 0. The molecule has 1 aliphatic rings. The maximum Gasteiger partial charge on any atom is 0.128 e. The standard InChI is InChI=1S/C16H14ClFO2/c1-9-2-3-10(7-14(9)18)15(19)13-8-12(17)6-11-4-5-20-16(11)13/h2-3,6-8,15,19H,4-5H2,1H3. The highest BCUT2D eigenvalue weighted by atomic mass is 35.5. The molecule has 1 unspecified atom stereocenters. The summed E-state index contributed by atoms with van der Waals surface area (Å²) in [6.45, 7) is 2.27. The highest BCUT2D eigenvalue weighted by Crippen LogP contribution is 2.38. The number of halogens is 2. The summed E-state index contributed by atoms with van der Waals surface area (Å²) in [6.07, 6.45) is -0.173. The van der Waals surface area contributed by atoms with Crippen LogP contribution in [0, 0.1) is 12.7 Å². The lowest BCUT2D eigenvalue weighted by Gasteiger charge is -2.16. The molecular formula is C16H14ClFO2. The summed E-state index contributed by atoms with van der Waals surface area (Å²) in [6, 6.07) is 8.23. The number of benzene rings is 2. The minimum atomic E-state index is -0.948. The van der Waals surface area contributed by atoms with Gasteiger partial charge < -0.3 is 9.84 Å². The van der Waals surface area contributed by atoms with Crippen LogP contribution < -0.4 is 4.74 Å². The van der Waals surface area contributed by atoms with Gasteiger partial charge in [-0.3, -0.25) is 0 Å². The summed E-state index contributed by atoms with van der Waals surface area (Å²) in [5.74, 6) is 0.337. The summed E-state index contributed by atoms with van der Waals surface area (Å²) >= 11 is 6.08. The molecule has 0 aliphatic carbocycles. The first-order valence-corrected chi connectivity index (χ1v) is 6.83. The van der Waals surface area contributed by atoms with E-state index in [9.17, 15) is 9.50 Å². The fourth-order valence-electron chi connectivity index (χ4n) is 2.46. The number of aliphatic hydroxyl groups excluding tert-OH is 1. The van der Waals surface area contributed by atoms with Gasteiger partial charge in [-0.05, 0) is 41.8 Å². The molecule has 1 atom stereocenters. The number of hydrogen-bond donors (Lipinski definition) is 1. The number of aliphatic hydroxyl groups is 1. The van der Waals surface area contributed by atoms with Crippen LogP contribution in [0.15, 0.2) is 30.3 Å². The summed E-state index contributed by atoms with van der Waals surface area (Å²) < 4.78 is 19.2. The smallest absolute Gasteiger partial charge is 0.128 e. The van der Waals surface area contributed by atoms with Crippen molar-refractivity contribution >= 4 is 11.6 Å². The highest BCUT2D eigenvalue weighted by Gasteiger charge is 2.23. The molecule has 0 fully saturated rings. The molecule has 0 spiro atoms. The normalized spacial score (nSPS) is 14.8. The van der Waals surface area contributed by atoms with Crippen LogP contribution in [0.4, 0.5) is 4.39 Å². The first kappa shape index (κ1) is 13.4. The second-order valence-corrected chi connectivity index (χ2v) is 5.43. The van der Waals surface area contributed by atoms with Crippen LogP contribution in [0.1, 0.15) is 28.4 Å². The minimum absolute atomic E-state index is 0.332. The van der Waals surface area contributed by atoms with Crippen LogP contribution in [0.5, 0.6) is 5.75 Å².